The van der Waals surface area contributed by atoms with E-state index in [1.54, 1.807) is 6.07 Å². The Morgan fingerprint density at radius 3 is 2.59 bits per heavy atom. The number of aliphatic carboxylic acids is 2. The van der Waals surface area contributed by atoms with Gasteiger partial charge < -0.3 is 26.6 Å². The SMILES string of the molecule is NC(CSC1CC(=O)N(CCCCC(NC(=O)CNc2cccc(I)c2)C(=O)O)C1=O)C(=O)O. The zero-order chi connectivity index (χ0) is 25.3. The Labute approximate surface area is 214 Å². The van der Waals surface area contributed by atoms with Crippen LogP contribution >= 0.6 is 34.4 Å². The minimum Gasteiger partial charge on any atom is -0.480 e. The van der Waals surface area contributed by atoms with Crippen LogP contribution in [0.3, 0.4) is 0 Å². The average Bonchev–Trinajstić information content (AvgIpc) is 3.05. The lowest BCUT2D eigenvalue weighted by molar-refractivity contribution is -0.142. The number of rotatable bonds is 14. The molecule has 1 aliphatic heterocycles. The zero-order valence-corrected chi connectivity index (χ0v) is 21.2. The van der Waals surface area contributed by atoms with E-state index in [2.05, 4.69) is 33.2 Å². The number of likely N-dealkylation sites (tertiary alicyclic amines) is 1. The first kappa shape index (κ1) is 27.9. The Balaban J connectivity index is 1.74. The summed E-state index contributed by atoms with van der Waals surface area (Å²) in [4.78, 5) is 60.2. The standard InChI is InChI=1S/C21H27IN4O7S/c22-12-4-3-5-13(8-12)24-10-17(27)25-15(21(32)33)6-1-2-7-26-18(28)9-16(19(26)29)34-11-14(23)20(30)31/h3-5,8,14-16,24H,1-2,6-7,9-11,23H2,(H,25,27)(H,30,31)(H,32,33). The number of hydrogen-bond acceptors (Lipinski definition) is 8. The quantitative estimate of drug-likeness (QED) is 0.115. The fourth-order valence-electron chi connectivity index (χ4n) is 3.21. The van der Waals surface area contributed by atoms with Crippen LogP contribution in [-0.4, -0.2) is 80.9 Å². The van der Waals surface area contributed by atoms with Gasteiger partial charge in [-0.2, -0.15) is 0 Å². The van der Waals surface area contributed by atoms with Gasteiger partial charge in [0.15, 0.2) is 0 Å². The maximum atomic E-state index is 12.4. The maximum absolute atomic E-state index is 12.4. The molecule has 0 bridgehead atoms. The van der Waals surface area contributed by atoms with E-state index in [1.165, 1.54) is 0 Å². The Morgan fingerprint density at radius 2 is 1.94 bits per heavy atom. The summed E-state index contributed by atoms with van der Waals surface area (Å²) in [5, 5.41) is 23.0. The molecule has 11 nitrogen and oxygen atoms in total. The number of carbonyl (C=O) groups excluding carboxylic acids is 3. The number of halogens is 1. The summed E-state index contributed by atoms with van der Waals surface area (Å²) in [7, 11) is 0. The van der Waals surface area contributed by atoms with Crippen LogP contribution in [0, 0.1) is 3.57 Å². The number of amides is 3. The molecule has 0 radical (unpaired) electrons. The molecule has 1 saturated heterocycles. The van der Waals surface area contributed by atoms with Gasteiger partial charge in [-0.1, -0.05) is 6.07 Å². The lowest BCUT2D eigenvalue weighted by Gasteiger charge is -2.17. The normalized spacial score (nSPS) is 17.4. The van der Waals surface area contributed by atoms with E-state index in [0.717, 1.165) is 25.9 Å². The largest absolute Gasteiger partial charge is 0.480 e. The number of nitrogens with two attached hydrogens (primary N) is 1. The molecule has 1 aromatic carbocycles. The predicted octanol–water partition coefficient (Wildman–Crippen LogP) is 0.715. The Morgan fingerprint density at radius 1 is 1.21 bits per heavy atom. The molecule has 3 atom stereocenters. The molecule has 6 N–H and O–H groups in total. The van der Waals surface area contributed by atoms with Crippen molar-refractivity contribution in [3.63, 3.8) is 0 Å². The van der Waals surface area contributed by atoms with Gasteiger partial charge in [-0.05, 0) is 60.1 Å². The second-order valence-electron chi connectivity index (χ2n) is 7.67. The molecule has 0 spiro atoms. The number of carboxylic acid groups (broad SMARTS) is 2. The number of anilines is 1. The van der Waals surface area contributed by atoms with E-state index in [-0.39, 0.29) is 37.6 Å². The van der Waals surface area contributed by atoms with Crippen LogP contribution in [0.15, 0.2) is 24.3 Å². The third-order valence-electron chi connectivity index (χ3n) is 5.03. The molecule has 0 aliphatic carbocycles. The molecule has 1 aromatic rings. The van der Waals surface area contributed by atoms with Gasteiger partial charge in [0, 0.05) is 28.0 Å². The van der Waals surface area contributed by atoms with Crippen LogP contribution in [-0.2, 0) is 24.0 Å². The van der Waals surface area contributed by atoms with Crippen molar-refractivity contribution in [2.45, 2.75) is 43.0 Å². The zero-order valence-electron chi connectivity index (χ0n) is 18.2. The highest BCUT2D eigenvalue weighted by Crippen LogP contribution is 2.26. The van der Waals surface area contributed by atoms with Crippen LogP contribution in [0.4, 0.5) is 5.69 Å². The summed E-state index contributed by atoms with van der Waals surface area (Å²) in [5.41, 5.74) is 6.18. The lowest BCUT2D eigenvalue weighted by Crippen LogP contribution is -2.43. The number of unbranched alkanes of at least 4 members (excludes halogenated alkanes) is 1. The van der Waals surface area contributed by atoms with Gasteiger partial charge in [0.25, 0.3) is 0 Å². The first-order valence-corrected chi connectivity index (χ1v) is 12.7. The third-order valence-corrected chi connectivity index (χ3v) is 7.03. The van der Waals surface area contributed by atoms with Gasteiger partial charge in [0.2, 0.25) is 17.7 Å². The number of carbonyl (C=O) groups is 5. The molecule has 1 fully saturated rings. The van der Waals surface area contributed by atoms with Gasteiger partial charge in [-0.25, -0.2) is 4.79 Å². The van der Waals surface area contributed by atoms with Crippen molar-refractivity contribution < 1.29 is 34.2 Å². The Hall–Kier alpha value is -2.39. The molecule has 3 amide bonds. The van der Waals surface area contributed by atoms with Crippen molar-refractivity contribution in [3.8, 4) is 0 Å². The molecule has 1 heterocycles. The van der Waals surface area contributed by atoms with Gasteiger partial charge in [-0.15, -0.1) is 11.8 Å². The van der Waals surface area contributed by atoms with Crippen molar-refractivity contribution >= 4 is 69.7 Å². The van der Waals surface area contributed by atoms with E-state index in [0.29, 0.717) is 12.8 Å². The van der Waals surface area contributed by atoms with Gasteiger partial charge in [-0.3, -0.25) is 24.1 Å². The smallest absolute Gasteiger partial charge is 0.326 e. The van der Waals surface area contributed by atoms with E-state index < -0.39 is 41.1 Å². The summed E-state index contributed by atoms with van der Waals surface area (Å²) >= 11 is 3.19. The number of nitrogens with one attached hydrogen (secondary N) is 2. The maximum Gasteiger partial charge on any atom is 0.326 e. The van der Waals surface area contributed by atoms with Gasteiger partial charge >= 0.3 is 11.9 Å². The Bertz CT molecular complexity index is 932. The second kappa shape index (κ2) is 13.5. The monoisotopic (exact) mass is 606 g/mol. The van der Waals surface area contributed by atoms with Crippen molar-refractivity contribution in [1.29, 1.82) is 0 Å². The molecule has 34 heavy (non-hydrogen) atoms. The summed E-state index contributed by atoms with van der Waals surface area (Å²) in [5.74, 6) is -3.52. The van der Waals surface area contributed by atoms with Crippen molar-refractivity contribution in [1.82, 2.24) is 10.2 Å². The lowest BCUT2D eigenvalue weighted by atomic mass is 10.1. The minimum atomic E-state index is -1.17. The average molecular weight is 606 g/mol. The van der Waals surface area contributed by atoms with Crippen molar-refractivity contribution in [3.05, 3.63) is 27.8 Å². The molecule has 0 aromatic heterocycles. The van der Waals surface area contributed by atoms with Crippen molar-refractivity contribution in [2.24, 2.45) is 5.73 Å². The summed E-state index contributed by atoms with van der Waals surface area (Å²) in [6.07, 6.45) is 0.882. The van der Waals surface area contributed by atoms with Crippen LogP contribution in [0.2, 0.25) is 0 Å². The molecule has 2 rings (SSSR count). The summed E-state index contributed by atoms with van der Waals surface area (Å²) in [6.45, 7) is 0.0550. The number of carboxylic acids is 2. The number of nitrogens with zero attached hydrogens (tertiary/aromatic N) is 1. The van der Waals surface area contributed by atoms with E-state index in [1.807, 2.05) is 18.2 Å². The van der Waals surface area contributed by atoms with Crippen molar-refractivity contribution in [2.75, 3.05) is 24.2 Å². The molecular weight excluding hydrogens is 579 g/mol. The molecule has 1 aliphatic rings. The first-order valence-electron chi connectivity index (χ1n) is 10.5. The molecule has 186 valence electrons. The van der Waals surface area contributed by atoms with Gasteiger partial charge in [0.05, 0.1) is 11.8 Å². The van der Waals surface area contributed by atoms with Crippen LogP contribution in [0.5, 0.6) is 0 Å². The number of benzene rings is 1. The summed E-state index contributed by atoms with van der Waals surface area (Å²) in [6, 6.07) is 5.20. The van der Waals surface area contributed by atoms with E-state index in [9.17, 15) is 29.1 Å². The second-order valence-corrected chi connectivity index (χ2v) is 10.2. The fourth-order valence-corrected chi connectivity index (χ4v) is 4.87. The van der Waals surface area contributed by atoms with Crippen LogP contribution in [0.25, 0.3) is 0 Å². The first-order chi connectivity index (χ1) is 16.1. The summed E-state index contributed by atoms with van der Waals surface area (Å²) < 4.78 is 0.995. The topological polar surface area (TPSA) is 179 Å². The van der Waals surface area contributed by atoms with Crippen LogP contribution < -0.4 is 16.4 Å². The highest BCUT2D eigenvalue weighted by atomic mass is 127. The minimum absolute atomic E-state index is 0.0168. The number of hydrogen-bond donors (Lipinski definition) is 5. The predicted molar refractivity (Wildman–Crippen MR) is 134 cm³/mol. The Kier molecular flexibility index (Phi) is 11.0. The molecular formula is C21H27IN4O7S. The van der Waals surface area contributed by atoms with E-state index >= 15 is 0 Å². The number of imide groups is 1. The molecule has 0 saturated carbocycles. The van der Waals surface area contributed by atoms with Gasteiger partial charge in [0.1, 0.15) is 12.1 Å². The fraction of sp³-hybridized carbons (Fsp3) is 0.476. The highest BCUT2D eigenvalue weighted by molar-refractivity contribution is 14.1. The molecule has 13 heteroatoms. The highest BCUT2D eigenvalue weighted by Gasteiger charge is 2.38. The van der Waals surface area contributed by atoms with E-state index in [4.69, 9.17) is 10.8 Å². The van der Waals surface area contributed by atoms with Crippen LogP contribution in [0.1, 0.15) is 25.7 Å². The molecule has 3 unspecified atom stereocenters. The number of thioether (sulfide) groups is 1. The third kappa shape index (κ3) is 8.76.